The number of carbonyl (C=O) groups excluding carboxylic acids is 3. The van der Waals surface area contributed by atoms with Crippen molar-refractivity contribution >= 4 is 23.5 Å². The van der Waals surface area contributed by atoms with Crippen LogP contribution in [0.25, 0.3) is 0 Å². The van der Waals surface area contributed by atoms with E-state index < -0.39 is 6.04 Å². The Morgan fingerprint density at radius 3 is 2.87 bits per heavy atom. The lowest BCUT2D eigenvalue weighted by Crippen LogP contribution is -2.52. The normalized spacial score (nSPS) is 25.2. The summed E-state index contributed by atoms with van der Waals surface area (Å²) in [6.45, 7) is 4.85. The Morgan fingerprint density at radius 1 is 1.23 bits per heavy atom. The van der Waals surface area contributed by atoms with Crippen LogP contribution in [0.2, 0.25) is 0 Å². The Labute approximate surface area is 176 Å². The molecule has 1 aromatic carbocycles. The van der Waals surface area contributed by atoms with Gasteiger partial charge in [-0.2, -0.15) is 0 Å². The Balaban J connectivity index is 1.42. The fraction of sp³-hybridized carbons (Fsp3) is 0.571. The van der Waals surface area contributed by atoms with E-state index in [1.54, 1.807) is 22.9 Å². The minimum atomic E-state index is -0.456. The first-order valence-electron chi connectivity index (χ1n) is 10.6. The highest BCUT2D eigenvalue weighted by molar-refractivity contribution is 5.99. The summed E-state index contributed by atoms with van der Waals surface area (Å²) in [5.74, 6) is 0.478. The number of anilines is 1. The van der Waals surface area contributed by atoms with Gasteiger partial charge in [0, 0.05) is 33.2 Å². The SMILES string of the molecule is CNC(=O)N1CCC[C@@H]1C(=O)N[C@@H]1CN(C(=O)c2cccc3c2OCCN3)C[C@H]1C. The fourth-order valence-electron chi connectivity index (χ4n) is 4.53. The smallest absolute Gasteiger partial charge is 0.317 e. The summed E-state index contributed by atoms with van der Waals surface area (Å²) in [4.78, 5) is 41.4. The topological polar surface area (TPSA) is 103 Å². The van der Waals surface area contributed by atoms with Gasteiger partial charge >= 0.3 is 6.03 Å². The first-order valence-corrected chi connectivity index (χ1v) is 10.6. The lowest BCUT2D eigenvalue weighted by Gasteiger charge is -2.26. The van der Waals surface area contributed by atoms with Crippen molar-refractivity contribution in [3.63, 3.8) is 0 Å². The molecule has 2 saturated heterocycles. The maximum absolute atomic E-state index is 13.2. The van der Waals surface area contributed by atoms with Crippen LogP contribution in [0.3, 0.4) is 0 Å². The molecule has 0 aromatic heterocycles. The number of hydrogen-bond acceptors (Lipinski definition) is 5. The predicted molar refractivity (Wildman–Crippen MR) is 112 cm³/mol. The highest BCUT2D eigenvalue weighted by Crippen LogP contribution is 2.33. The van der Waals surface area contributed by atoms with Crippen LogP contribution in [-0.2, 0) is 4.79 Å². The van der Waals surface area contributed by atoms with Crippen LogP contribution < -0.4 is 20.7 Å². The summed E-state index contributed by atoms with van der Waals surface area (Å²) in [5.41, 5.74) is 1.38. The molecule has 4 rings (SSSR count). The van der Waals surface area contributed by atoms with Gasteiger partial charge in [-0.05, 0) is 30.9 Å². The molecular weight excluding hydrogens is 386 g/mol. The van der Waals surface area contributed by atoms with Gasteiger partial charge in [0.15, 0.2) is 5.75 Å². The summed E-state index contributed by atoms with van der Waals surface area (Å²) in [5, 5.41) is 8.93. The summed E-state index contributed by atoms with van der Waals surface area (Å²) in [6.07, 6.45) is 1.47. The third-order valence-corrected chi connectivity index (χ3v) is 6.17. The second-order valence-electron chi connectivity index (χ2n) is 8.17. The molecular formula is C21H29N5O4. The third-order valence-electron chi connectivity index (χ3n) is 6.17. The summed E-state index contributed by atoms with van der Waals surface area (Å²) < 4.78 is 5.74. The van der Waals surface area contributed by atoms with Gasteiger partial charge in [-0.15, -0.1) is 0 Å². The van der Waals surface area contributed by atoms with Gasteiger partial charge in [-0.1, -0.05) is 13.0 Å². The molecule has 4 amide bonds. The van der Waals surface area contributed by atoms with E-state index in [2.05, 4.69) is 16.0 Å². The van der Waals surface area contributed by atoms with Crippen LogP contribution in [0, 0.1) is 5.92 Å². The molecule has 3 heterocycles. The molecule has 0 bridgehead atoms. The highest BCUT2D eigenvalue weighted by Gasteiger charge is 2.39. The number of carbonyl (C=O) groups is 3. The summed E-state index contributed by atoms with van der Waals surface area (Å²) in [7, 11) is 1.57. The van der Waals surface area contributed by atoms with Crippen LogP contribution >= 0.6 is 0 Å². The standard InChI is InChI=1S/C21H29N5O4/c1-13-11-25(20(28)14-5-3-6-15-18(14)30-10-8-23-15)12-16(13)24-19(27)17-7-4-9-26(17)21(29)22-2/h3,5-6,13,16-17,23H,4,7-12H2,1-2H3,(H,22,29)(H,24,27)/t13-,16-,17-/m1/s1. The molecule has 0 aliphatic carbocycles. The van der Waals surface area contributed by atoms with E-state index >= 15 is 0 Å². The van der Waals surface area contributed by atoms with Crippen molar-refractivity contribution in [3.05, 3.63) is 23.8 Å². The number of amides is 4. The molecule has 0 spiro atoms. The van der Waals surface area contributed by atoms with Crippen molar-refractivity contribution in [2.75, 3.05) is 45.2 Å². The van der Waals surface area contributed by atoms with Crippen LogP contribution in [0.1, 0.15) is 30.1 Å². The van der Waals surface area contributed by atoms with Gasteiger partial charge < -0.3 is 30.5 Å². The Bertz CT molecular complexity index is 845. The molecule has 1 aromatic rings. The van der Waals surface area contributed by atoms with Gasteiger partial charge in [0.1, 0.15) is 12.6 Å². The van der Waals surface area contributed by atoms with Crippen molar-refractivity contribution in [2.24, 2.45) is 5.92 Å². The number of ether oxygens (including phenoxy) is 1. The Kier molecular flexibility index (Phi) is 5.69. The number of para-hydroxylation sites is 1. The van der Waals surface area contributed by atoms with Crippen molar-refractivity contribution in [3.8, 4) is 5.75 Å². The minimum Gasteiger partial charge on any atom is -0.489 e. The van der Waals surface area contributed by atoms with Crippen LogP contribution in [0.4, 0.5) is 10.5 Å². The zero-order valence-electron chi connectivity index (χ0n) is 17.4. The van der Waals surface area contributed by atoms with E-state index in [0.717, 1.165) is 12.1 Å². The largest absolute Gasteiger partial charge is 0.489 e. The molecule has 9 nitrogen and oxygen atoms in total. The molecule has 3 aliphatic rings. The van der Waals surface area contributed by atoms with Crippen molar-refractivity contribution < 1.29 is 19.1 Å². The number of hydrogen-bond donors (Lipinski definition) is 3. The van der Waals surface area contributed by atoms with Gasteiger partial charge in [-0.25, -0.2) is 4.79 Å². The van der Waals surface area contributed by atoms with Gasteiger partial charge in [0.05, 0.1) is 17.3 Å². The van der Waals surface area contributed by atoms with E-state index in [4.69, 9.17) is 4.74 Å². The quantitative estimate of drug-likeness (QED) is 0.680. The number of fused-ring (bicyclic) bond motifs is 1. The van der Waals surface area contributed by atoms with E-state index in [1.807, 2.05) is 19.1 Å². The molecule has 3 atom stereocenters. The van der Waals surface area contributed by atoms with E-state index in [0.29, 0.717) is 50.5 Å². The number of benzene rings is 1. The van der Waals surface area contributed by atoms with Crippen LogP contribution in [0.15, 0.2) is 18.2 Å². The van der Waals surface area contributed by atoms with Crippen LogP contribution in [-0.4, -0.2) is 79.6 Å². The maximum atomic E-state index is 13.2. The number of urea groups is 1. The second-order valence-corrected chi connectivity index (χ2v) is 8.17. The monoisotopic (exact) mass is 415 g/mol. The molecule has 3 N–H and O–H groups in total. The lowest BCUT2D eigenvalue weighted by atomic mass is 10.1. The zero-order chi connectivity index (χ0) is 21.3. The predicted octanol–water partition coefficient (Wildman–Crippen LogP) is 0.871. The number of nitrogens with zero attached hydrogens (tertiary/aromatic N) is 2. The molecule has 162 valence electrons. The molecule has 30 heavy (non-hydrogen) atoms. The first-order chi connectivity index (χ1) is 14.5. The fourth-order valence-corrected chi connectivity index (χ4v) is 4.53. The molecule has 3 aliphatic heterocycles. The average Bonchev–Trinajstić information content (AvgIpc) is 3.39. The molecule has 0 saturated carbocycles. The Hall–Kier alpha value is -2.97. The van der Waals surface area contributed by atoms with Gasteiger partial charge in [0.2, 0.25) is 5.91 Å². The van der Waals surface area contributed by atoms with Gasteiger partial charge in [-0.3, -0.25) is 9.59 Å². The molecule has 0 unspecified atom stereocenters. The molecule has 2 fully saturated rings. The molecule has 0 radical (unpaired) electrons. The van der Waals surface area contributed by atoms with Crippen molar-refractivity contribution in [2.45, 2.75) is 31.8 Å². The number of nitrogens with one attached hydrogen (secondary N) is 3. The van der Waals surface area contributed by atoms with E-state index in [1.165, 1.54) is 0 Å². The van der Waals surface area contributed by atoms with Crippen molar-refractivity contribution in [1.82, 2.24) is 20.4 Å². The lowest BCUT2D eigenvalue weighted by molar-refractivity contribution is -0.125. The minimum absolute atomic E-state index is 0.0907. The van der Waals surface area contributed by atoms with Gasteiger partial charge in [0.25, 0.3) is 5.91 Å². The number of likely N-dealkylation sites (tertiary alicyclic amines) is 2. The second kappa shape index (κ2) is 8.41. The average molecular weight is 415 g/mol. The van der Waals surface area contributed by atoms with E-state index in [9.17, 15) is 14.4 Å². The summed E-state index contributed by atoms with van der Waals surface area (Å²) >= 11 is 0. The molecule has 9 heteroatoms. The summed E-state index contributed by atoms with van der Waals surface area (Å²) in [6, 6.07) is 4.70. The third kappa shape index (κ3) is 3.76. The van der Waals surface area contributed by atoms with Crippen molar-refractivity contribution in [1.29, 1.82) is 0 Å². The van der Waals surface area contributed by atoms with E-state index in [-0.39, 0.29) is 29.8 Å². The highest BCUT2D eigenvalue weighted by atomic mass is 16.5. The zero-order valence-corrected chi connectivity index (χ0v) is 17.4. The first kappa shape index (κ1) is 20.3. The number of rotatable bonds is 3. The maximum Gasteiger partial charge on any atom is 0.317 e. The Morgan fingerprint density at radius 2 is 2.07 bits per heavy atom. The van der Waals surface area contributed by atoms with Crippen LogP contribution in [0.5, 0.6) is 5.75 Å².